The number of hydrogen-bond donors (Lipinski definition) is 1. The molecule has 1 fully saturated rings. The average molecular weight is 387 g/mol. The minimum Gasteiger partial charge on any atom is -0.490 e. The molecule has 0 saturated carbocycles. The highest BCUT2D eigenvalue weighted by Gasteiger charge is 2.25. The summed E-state index contributed by atoms with van der Waals surface area (Å²) in [6, 6.07) is 11.9. The van der Waals surface area contributed by atoms with Gasteiger partial charge in [0.15, 0.2) is 9.84 Å². The second kappa shape index (κ2) is 8.28. The van der Waals surface area contributed by atoms with Crippen LogP contribution in [0, 0.1) is 6.92 Å². The summed E-state index contributed by atoms with van der Waals surface area (Å²) in [7, 11) is -2.90. The summed E-state index contributed by atoms with van der Waals surface area (Å²) >= 11 is 0. The van der Waals surface area contributed by atoms with Gasteiger partial charge in [-0.15, -0.1) is 6.58 Å². The zero-order valence-corrected chi connectivity index (χ0v) is 16.5. The maximum absolute atomic E-state index is 11.6. The van der Waals surface area contributed by atoms with Gasteiger partial charge in [-0.25, -0.2) is 8.42 Å². The van der Waals surface area contributed by atoms with Crippen LogP contribution in [0.5, 0.6) is 5.75 Å². The van der Waals surface area contributed by atoms with Crippen molar-refractivity contribution in [1.29, 1.82) is 0 Å². The fourth-order valence-corrected chi connectivity index (χ4v) is 5.07. The Bertz CT molecular complexity index is 917. The van der Waals surface area contributed by atoms with E-state index in [1.54, 1.807) is 0 Å². The smallest absolute Gasteiger partial charge is 0.150 e. The highest BCUT2D eigenvalue weighted by atomic mass is 32.2. The van der Waals surface area contributed by atoms with Gasteiger partial charge in [-0.05, 0) is 72.2 Å². The van der Waals surface area contributed by atoms with E-state index in [-0.39, 0.29) is 24.2 Å². The predicted octanol–water partition coefficient (Wildman–Crippen LogP) is 3.84. The molecule has 1 aliphatic rings. The highest BCUT2D eigenvalue weighted by Crippen LogP contribution is 2.33. The molecule has 144 valence electrons. The molecule has 4 nitrogen and oxygen atoms in total. The Kier molecular flexibility index (Phi) is 6.02. The molecule has 2 aromatic rings. The van der Waals surface area contributed by atoms with Crippen LogP contribution < -0.4 is 4.74 Å². The molecule has 1 heterocycles. The Labute approximate surface area is 161 Å². The van der Waals surface area contributed by atoms with Gasteiger partial charge in [0.25, 0.3) is 0 Å². The molecule has 0 spiro atoms. The van der Waals surface area contributed by atoms with Crippen molar-refractivity contribution in [3.8, 4) is 16.9 Å². The molecule has 0 radical (unpaired) electrons. The van der Waals surface area contributed by atoms with Gasteiger partial charge in [-0.1, -0.05) is 24.3 Å². The van der Waals surface area contributed by atoms with Crippen molar-refractivity contribution in [3.63, 3.8) is 0 Å². The van der Waals surface area contributed by atoms with Crippen molar-refractivity contribution in [3.05, 3.63) is 65.7 Å². The van der Waals surface area contributed by atoms with Gasteiger partial charge in [0.1, 0.15) is 11.9 Å². The molecular weight excluding hydrogens is 360 g/mol. The molecule has 3 rings (SSSR count). The number of ether oxygens (including phenoxy) is 1. The van der Waals surface area contributed by atoms with Crippen molar-refractivity contribution < 1.29 is 18.3 Å². The number of hydrogen-bond acceptors (Lipinski definition) is 4. The lowest BCUT2D eigenvalue weighted by Gasteiger charge is -2.24. The van der Waals surface area contributed by atoms with Gasteiger partial charge in [0.2, 0.25) is 0 Å². The summed E-state index contributed by atoms with van der Waals surface area (Å²) in [5.41, 5.74) is 5.26. The molecule has 0 amide bonds. The van der Waals surface area contributed by atoms with Crippen LogP contribution in [0.2, 0.25) is 0 Å². The lowest BCUT2D eigenvalue weighted by Crippen LogP contribution is -2.30. The Morgan fingerprint density at radius 1 is 1.22 bits per heavy atom. The van der Waals surface area contributed by atoms with E-state index in [0.717, 1.165) is 33.6 Å². The van der Waals surface area contributed by atoms with E-state index in [1.165, 1.54) is 0 Å². The lowest BCUT2D eigenvalue weighted by molar-refractivity contribution is 0.189. The third-order valence-electron chi connectivity index (χ3n) is 4.96. The molecule has 1 saturated heterocycles. The largest absolute Gasteiger partial charge is 0.490 e. The van der Waals surface area contributed by atoms with E-state index < -0.39 is 9.84 Å². The molecule has 2 aromatic carbocycles. The van der Waals surface area contributed by atoms with Crippen molar-refractivity contribution >= 4 is 9.84 Å². The van der Waals surface area contributed by atoms with E-state index in [2.05, 4.69) is 6.58 Å². The van der Waals surface area contributed by atoms with Gasteiger partial charge in [-0.3, -0.25) is 0 Å². The quantitative estimate of drug-likeness (QED) is 0.766. The molecule has 1 aliphatic heterocycles. The first-order chi connectivity index (χ1) is 12.9. The Balaban J connectivity index is 1.91. The van der Waals surface area contributed by atoms with Gasteiger partial charge in [-0.2, -0.15) is 0 Å². The number of rotatable bonds is 6. The van der Waals surface area contributed by atoms with Crippen LogP contribution in [-0.2, 0) is 22.9 Å². The van der Waals surface area contributed by atoms with E-state index in [9.17, 15) is 13.5 Å². The van der Waals surface area contributed by atoms with Crippen molar-refractivity contribution in [2.75, 3.05) is 11.5 Å². The summed E-state index contributed by atoms with van der Waals surface area (Å²) in [5, 5.41) is 9.44. The third-order valence-corrected chi connectivity index (χ3v) is 6.67. The van der Waals surface area contributed by atoms with Crippen LogP contribution in [0.1, 0.15) is 29.5 Å². The molecule has 0 atom stereocenters. The van der Waals surface area contributed by atoms with E-state index in [1.807, 2.05) is 49.4 Å². The van der Waals surface area contributed by atoms with Crippen LogP contribution in [0.25, 0.3) is 11.1 Å². The average Bonchev–Trinajstić information content (AvgIpc) is 2.64. The fraction of sp³-hybridized carbons (Fsp3) is 0.364. The van der Waals surface area contributed by atoms with Crippen molar-refractivity contribution in [1.82, 2.24) is 0 Å². The zero-order chi connectivity index (χ0) is 19.4. The van der Waals surface area contributed by atoms with Crippen LogP contribution >= 0.6 is 0 Å². The minimum atomic E-state index is -2.90. The van der Waals surface area contributed by atoms with E-state index in [0.29, 0.717) is 19.3 Å². The first-order valence-electron chi connectivity index (χ1n) is 9.23. The van der Waals surface area contributed by atoms with Gasteiger partial charge >= 0.3 is 0 Å². The molecule has 0 unspecified atom stereocenters. The summed E-state index contributed by atoms with van der Waals surface area (Å²) in [4.78, 5) is 0. The summed E-state index contributed by atoms with van der Waals surface area (Å²) in [6.07, 6.45) is 3.59. The number of benzene rings is 2. The predicted molar refractivity (Wildman–Crippen MR) is 109 cm³/mol. The molecule has 0 bridgehead atoms. The maximum Gasteiger partial charge on any atom is 0.150 e. The van der Waals surface area contributed by atoms with Gasteiger partial charge < -0.3 is 9.84 Å². The second-order valence-corrected chi connectivity index (χ2v) is 9.40. The van der Waals surface area contributed by atoms with E-state index in [4.69, 9.17) is 4.74 Å². The molecular formula is C22H26O4S. The zero-order valence-electron chi connectivity index (χ0n) is 15.6. The van der Waals surface area contributed by atoms with Gasteiger partial charge in [0, 0.05) is 0 Å². The monoisotopic (exact) mass is 386 g/mol. The lowest BCUT2D eigenvalue weighted by atomic mass is 9.92. The Morgan fingerprint density at radius 2 is 1.96 bits per heavy atom. The van der Waals surface area contributed by atoms with Crippen LogP contribution in [-0.4, -0.2) is 31.1 Å². The molecule has 5 heteroatoms. The summed E-state index contributed by atoms with van der Waals surface area (Å²) in [6.45, 7) is 5.92. The molecule has 0 aliphatic carbocycles. The van der Waals surface area contributed by atoms with Crippen molar-refractivity contribution in [2.24, 2.45) is 0 Å². The second-order valence-electron chi connectivity index (χ2n) is 7.09. The number of allylic oxidation sites excluding steroid dienone is 1. The molecule has 1 N–H and O–H groups in total. The molecule has 27 heavy (non-hydrogen) atoms. The van der Waals surface area contributed by atoms with Crippen molar-refractivity contribution in [2.45, 2.75) is 38.9 Å². The SMILES string of the molecule is C=CCc1cc(OC2CCS(=O)(=O)CC2)cc(C)c1-c1cccc(CO)c1. The molecule has 0 aromatic heterocycles. The fourth-order valence-electron chi connectivity index (χ4n) is 3.63. The number of aliphatic hydroxyl groups excluding tert-OH is 1. The first-order valence-corrected chi connectivity index (χ1v) is 11.1. The van der Waals surface area contributed by atoms with Gasteiger partial charge in [0.05, 0.1) is 18.1 Å². The standard InChI is InChI=1S/C22H26O4S/c1-3-5-18-14-21(26-20-8-10-27(24,25)11-9-20)12-16(2)22(18)19-7-4-6-17(13-19)15-23/h3-4,6-7,12-14,20,23H,1,5,8-11,15H2,2H3. The third kappa shape index (κ3) is 4.79. The topological polar surface area (TPSA) is 63.6 Å². The van der Waals surface area contributed by atoms with E-state index >= 15 is 0 Å². The summed E-state index contributed by atoms with van der Waals surface area (Å²) in [5.74, 6) is 1.17. The Hall–Kier alpha value is -2.11. The number of aliphatic hydroxyl groups is 1. The highest BCUT2D eigenvalue weighted by molar-refractivity contribution is 7.91. The minimum absolute atomic E-state index is 0.00939. The Morgan fingerprint density at radius 3 is 2.63 bits per heavy atom. The maximum atomic E-state index is 11.6. The normalized spacial score (nSPS) is 16.8. The van der Waals surface area contributed by atoms with Crippen LogP contribution in [0.15, 0.2) is 49.1 Å². The van der Waals surface area contributed by atoms with Crippen LogP contribution in [0.3, 0.4) is 0 Å². The van der Waals surface area contributed by atoms with Crippen LogP contribution in [0.4, 0.5) is 0 Å². The number of aryl methyl sites for hydroxylation is 1. The number of sulfone groups is 1. The summed E-state index contributed by atoms with van der Waals surface area (Å²) < 4.78 is 29.3. The first kappa shape index (κ1) is 19.6.